The third-order valence-electron chi connectivity index (χ3n) is 3.01. The highest BCUT2D eigenvalue weighted by Crippen LogP contribution is 2.29. The van der Waals surface area contributed by atoms with Crippen molar-refractivity contribution in [2.45, 2.75) is 38.6 Å². The maximum atomic E-state index is 12.4. The molecule has 0 saturated heterocycles. The average molecular weight is 287 g/mol. The van der Waals surface area contributed by atoms with Gasteiger partial charge in [0.15, 0.2) is 0 Å². The van der Waals surface area contributed by atoms with E-state index in [4.69, 9.17) is 23.2 Å². The molecule has 1 aromatic heterocycles. The van der Waals surface area contributed by atoms with Gasteiger partial charge >= 0.3 is 0 Å². The lowest BCUT2D eigenvalue weighted by Gasteiger charge is -2.22. The highest BCUT2D eigenvalue weighted by molar-refractivity contribution is 6.33. The number of unbranched alkanes of at least 4 members (excludes halogenated alkanes) is 1. The van der Waals surface area contributed by atoms with Gasteiger partial charge in [0.05, 0.1) is 0 Å². The average Bonchev–Trinajstić information content (AvgIpc) is 3.12. The Morgan fingerprint density at radius 2 is 2.00 bits per heavy atom. The van der Waals surface area contributed by atoms with Gasteiger partial charge in [-0.1, -0.05) is 36.5 Å². The molecule has 3 nitrogen and oxygen atoms in total. The number of amides is 1. The Bertz CT molecular complexity index is 426. The summed E-state index contributed by atoms with van der Waals surface area (Å²) in [7, 11) is 0. The molecule has 0 unspecified atom stereocenters. The van der Waals surface area contributed by atoms with Crippen molar-refractivity contribution >= 4 is 29.1 Å². The maximum Gasteiger partial charge on any atom is 0.254 e. The lowest BCUT2D eigenvalue weighted by atomic mass is 10.2. The molecule has 5 heteroatoms. The van der Waals surface area contributed by atoms with Crippen LogP contribution in [-0.4, -0.2) is 28.4 Å². The molecule has 1 heterocycles. The SMILES string of the molecule is CCCCN(C(=O)c1cc(Cl)nc(Cl)c1)C1CC1. The van der Waals surface area contributed by atoms with Gasteiger partial charge in [-0.15, -0.1) is 0 Å². The van der Waals surface area contributed by atoms with E-state index in [9.17, 15) is 4.79 Å². The quantitative estimate of drug-likeness (QED) is 0.772. The van der Waals surface area contributed by atoms with Crippen molar-refractivity contribution < 1.29 is 4.79 Å². The molecule has 18 heavy (non-hydrogen) atoms. The number of hydrogen-bond acceptors (Lipinski definition) is 2. The van der Waals surface area contributed by atoms with Gasteiger partial charge in [-0.05, 0) is 31.4 Å². The van der Waals surface area contributed by atoms with Crippen LogP contribution in [0.3, 0.4) is 0 Å². The van der Waals surface area contributed by atoms with Crippen LogP contribution in [0.4, 0.5) is 0 Å². The maximum absolute atomic E-state index is 12.4. The number of carbonyl (C=O) groups is 1. The van der Waals surface area contributed by atoms with Crippen molar-refractivity contribution in [1.29, 1.82) is 0 Å². The predicted molar refractivity (Wildman–Crippen MR) is 73.2 cm³/mol. The third-order valence-corrected chi connectivity index (χ3v) is 3.40. The zero-order valence-electron chi connectivity index (χ0n) is 10.3. The van der Waals surface area contributed by atoms with Crippen molar-refractivity contribution in [2.24, 2.45) is 0 Å². The van der Waals surface area contributed by atoms with Gasteiger partial charge in [0, 0.05) is 18.2 Å². The molecule has 0 aromatic carbocycles. The lowest BCUT2D eigenvalue weighted by Crippen LogP contribution is -2.34. The Hall–Kier alpha value is -0.800. The Kier molecular flexibility index (Phi) is 4.46. The second-order valence-corrected chi connectivity index (χ2v) is 5.36. The number of pyridine rings is 1. The lowest BCUT2D eigenvalue weighted by molar-refractivity contribution is 0.0740. The van der Waals surface area contributed by atoms with Crippen molar-refractivity contribution in [3.05, 3.63) is 28.0 Å². The number of aromatic nitrogens is 1. The van der Waals surface area contributed by atoms with Crippen molar-refractivity contribution in [3.63, 3.8) is 0 Å². The molecule has 1 saturated carbocycles. The molecule has 1 aliphatic carbocycles. The van der Waals surface area contributed by atoms with Crippen LogP contribution in [0.1, 0.15) is 43.0 Å². The Balaban J connectivity index is 2.16. The third kappa shape index (κ3) is 3.36. The monoisotopic (exact) mass is 286 g/mol. The summed E-state index contributed by atoms with van der Waals surface area (Å²) in [4.78, 5) is 18.2. The standard InChI is InChI=1S/C13H16Cl2N2O/c1-2-3-6-17(10-4-5-10)13(18)9-7-11(14)16-12(15)8-9/h7-8,10H,2-6H2,1H3. The minimum absolute atomic E-state index is 0.0113. The van der Waals surface area contributed by atoms with Gasteiger partial charge in [0.2, 0.25) is 0 Å². The predicted octanol–water partition coefficient (Wildman–Crippen LogP) is 3.79. The van der Waals surface area contributed by atoms with Crippen LogP contribution in [0, 0.1) is 0 Å². The molecule has 0 radical (unpaired) electrons. The number of rotatable bonds is 5. The zero-order valence-corrected chi connectivity index (χ0v) is 11.8. The van der Waals surface area contributed by atoms with Crippen molar-refractivity contribution in [2.75, 3.05) is 6.54 Å². The summed E-state index contributed by atoms with van der Waals surface area (Å²) in [5, 5.41) is 0.522. The first-order chi connectivity index (χ1) is 8.61. The number of carbonyl (C=O) groups excluding carboxylic acids is 1. The molecule has 0 N–H and O–H groups in total. The smallest absolute Gasteiger partial charge is 0.254 e. The van der Waals surface area contributed by atoms with E-state index < -0.39 is 0 Å². The summed E-state index contributed by atoms with van der Waals surface area (Å²) in [5.41, 5.74) is 0.531. The summed E-state index contributed by atoms with van der Waals surface area (Å²) in [6, 6.07) is 3.56. The van der Waals surface area contributed by atoms with Gasteiger partial charge in [-0.25, -0.2) is 4.98 Å². The molecular weight excluding hydrogens is 271 g/mol. The fraction of sp³-hybridized carbons (Fsp3) is 0.538. The molecule has 98 valence electrons. The molecule has 2 rings (SSSR count). The summed E-state index contributed by atoms with van der Waals surface area (Å²) in [5.74, 6) is 0.0113. The Morgan fingerprint density at radius 3 is 2.50 bits per heavy atom. The van der Waals surface area contributed by atoms with E-state index >= 15 is 0 Å². The summed E-state index contributed by atoms with van der Waals surface area (Å²) in [6.45, 7) is 2.92. The molecule has 1 fully saturated rings. The first kappa shape index (κ1) is 13.6. The molecule has 0 aliphatic heterocycles. The Labute approximate surface area is 117 Å². The van der Waals surface area contributed by atoms with Crippen LogP contribution >= 0.6 is 23.2 Å². The first-order valence-electron chi connectivity index (χ1n) is 6.26. The molecular formula is C13H16Cl2N2O. The van der Waals surface area contributed by atoms with E-state index in [1.807, 2.05) is 4.90 Å². The zero-order chi connectivity index (χ0) is 13.1. The number of halogens is 2. The normalized spacial score (nSPS) is 14.6. The fourth-order valence-corrected chi connectivity index (χ4v) is 2.38. The fourth-order valence-electron chi connectivity index (χ4n) is 1.92. The van der Waals surface area contributed by atoms with E-state index in [-0.39, 0.29) is 16.2 Å². The van der Waals surface area contributed by atoms with E-state index in [0.717, 1.165) is 32.2 Å². The molecule has 0 atom stereocenters. The summed E-state index contributed by atoms with van der Waals surface area (Å²) < 4.78 is 0. The highest BCUT2D eigenvalue weighted by Gasteiger charge is 2.32. The topological polar surface area (TPSA) is 33.2 Å². The first-order valence-corrected chi connectivity index (χ1v) is 7.01. The van der Waals surface area contributed by atoms with Crippen LogP contribution in [0.15, 0.2) is 12.1 Å². The second-order valence-electron chi connectivity index (χ2n) is 4.58. The largest absolute Gasteiger partial charge is 0.336 e. The van der Waals surface area contributed by atoms with Crippen molar-refractivity contribution in [3.8, 4) is 0 Å². The van der Waals surface area contributed by atoms with E-state index in [0.29, 0.717) is 11.6 Å². The molecule has 1 aromatic rings. The summed E-state index contributed by atoms with van der Waals surface area (Å²) >= 11 is 11.7. The highest BCUT2D eigenvalue weighted by atomic mass is 35.5. The van der Waals surface area contributed by atoms with Crippen LogP contribution in [-0.2, 0) is 0 Å². The molecule has 1 aliphatic rings. The second kappa shape index (κ2) is 5.89. The van der Waals surface area contributed by atoms with Gasteiger partial charge < -0.3 is 4.90 Å². The minimum Gasteiger partial charge on any atom is -0.336 e. The number of hydrogen-bond donors (Lipinski definition) is 0. The van der Waals surface area contributed by atoms with E-state index in [1.54, 1.807) is 12.1 Å². The van der Waals surface area contributed by atoms with E-state index in [2.05, 4.69) is 11.9 Å². The van der Waals surface area contributed by atoms with Crippen LogP contribution < -0.4 is 0 Å². The van der Waals surface area contributed by atoms with Gasteiger partial charge in [-0.2, -0.15) is 0 Å². The van der Waals surface area contributed by atoms with Gasteiger partial charge in [0.25, 0.3) is 5.91 Å². The Morgan fingerprint density at radius 1 is 1.39 bits per heavy atom. The van der Waals surface area contributed by atoms with Crippen LogP contribution in [0.5, 0.6) is 0 Å². The minimum atomic E-state index is 0.0113. The van der Waals surface area contributed by atoms with E-state index in [1.165, 1.54) is 0 Å². The molecule has 0 spiro atoms. The molecule has 1 amide bonds. The van der Waals surface area contributed by atoms with Crippen molar-refractivity contribution in [1.82, 2.24) is 9.88 Å². The van der Waals surface area contributed by atoms with Crippen LogP contribution in [0.2, 0.25) is 10.3 Å². The summed E-state index contributed by atoms with van der Waals surface area (Å²) in [6.07, 6.45) is 4.30. The molecule has 0 bridgehead atoms. The van der Waals surface area contributed by atoms with Crippen LogP contribution in [0.25, 0.3) is 0 Å². The van der Waals surface area contributed by atoms with Gasteiger partial charge in [0.1, 0.15) is 10.3 Å². The number of nitrogens with zero attached hydrogens (tertiary/aromatic N) is 2. The van der Waals surface area contributed by atoms with Gasteiger partial charge in [-0.3, -0.25) is 4.79 Å².